The number of benzene rings is 2. The molecule has 3 rings (SSSR count). The fourth-order valence-corrected chi connectivity index (χ4v) is 3.49. The van der Waals surface area contributed by atoms with E-state index >= 15 is 0 Å². The zero-order valence-corrected chi connectivity index (χ0v) is 17.8. The summed E-state index contributed by atoms with van der Waals surface area (Å²) in [5.41, 5.74) is 5.49. The third-order valence-electron chi connectivity index (χ3n) is 4.49. The Kier molecular flexibility index (Phi) is 5.94. The molecule has 0 fully saturated rings. The normalized spacial score (nSPS) is 11.5. The Balaban J connectivity index is 1.99. The highest BCUT2D eigenvalue weighted by Crippen LogP contribution is 2.30. The minimum absolute atomic E-state index is 0.167. The van der Waals surface area contributed by atoms with E-state index in [1.165, 1.54) is 22.9 Å². The van der Waals surface area contributed by atoms with Crippen LogP contribution < -0.4 is 0 Å². The van der Waals surface area contributed by atoms with Crippen LogP contribution in [0.15, 0.2) is 53.7 Å². The summed E-state index contributed by atoms with van der Waals surface area (Å²) in [6, 6.07) is 16.4. The average Bonchev–Trinajstić information content (AvgIpc) is 2.66. The molecular weight excluding hydrogens is 366 g/mol. The van der Waals surface area contributed by atoms with Gasteiger partial charge >= 0.3 is 0 Å². The smallest absolute Gasteiger partial charge is 0.210 e. The van der Waals surface area contributed by atoms with Crippen LogP contribution in [0.25, 0.3) is 22.5 Å². The van der Waals surface area contributed by atoms with Crippen LogP contribution in [0.1, 0.15) is 31.9 Å². The molecule has 144 valence electrons. The van der Waals surface area contributed by atoms with Gasteiger partial charge in [-0.2, -0.15) is 0 Å². The molecule has 0 bridgehead atoms. The maximum absolute atomic E-state index is 12.3. The SMILES string of the molecule is Cc1ccc(-c2nnc(SCC(=O)C(C)(C)C)nc2-c2ccc(C)cc2)cc1. The van der Waals surface area contributed by atoms with Gasteiger partial charge in [-0.1, -0.05) is 92.2 Å². The molecule has 1 aromatic heterocycles. The third kappa shape index (κ3) is 4.84. The highest BCUT2D eigenvalue weighted by Gasteiger charge is 2.22. The molecule has 0 aliphatic carbocycles. The van der Waals surface area contributed by atoms with Crippen LogP contribution in [0.5, 0.6) is 0 Å². The zero-order valence-electron chi connectivity index (χ0n) is 17.0. The lowest BCUT2D eigenvalue weighted by atomic mass is 9.92. The molecule has 0 aliphatic rings. The molecule has 0 saturated heterocycles. The van der Waals surface area contributed by atoms with E-state index in [4.69, 9.17) is 4.98 Å². The number of rotatable bonds is 5. The van der Waals surface area contributed by atoms with Crippen molar-refractivity contribution in [3.8, 4) is 22.5 Å². The van der Waals surface area contributed by atoms with Gasteiger partial charge in [-0.3, -0.25) is 4.79 Å². The van der Waals surface area contributed by atoms with Crippen LogP contribution in [0.4, 0.5) is 0 Å². The molecule has 0 N–H and O–H groups in total. The maximum atomic E-state index is 12.3. The molecule has 0 aliphatic heterocycles. The van der Waals surface area contributed by atoms with Crippen molar-refractivity contribution in [2.75, 3.05) is 5.75 Å². The van der Waals surface area contributed by atoms with Crippen molar-refractivity contribution in [3.63, 3.8) is 0 Å². The number of hydrogen-bond acceptors (Lipinski definition) is 5. The van der Waals surface area contributed by atoms with Gasteiger partial charge in [0.25, 0.3) is 0 Å². The second kappa shape index (κ2) is 8.23. The average molecular weight is 392 g/mol. The summed E-state index contributed by atoms with van der Waals surface area (Å²) in [5, 5.41) is 9.28. The number of thioether (sulfide) groups is 1. The second-order valence-corrected chi connectivity index (χ2v) is 8.93. The van der Waals surface area contributed by atoms with Gasteiger partial charge in [-0.25, -0.2) is 4.98 Å². The first-order valence-electron chi connectivity index (χ1n) is 9.29. The van der Waals surface area contributed by atoms with E-state index in [1.54, 1.807) is 0 Å². The van der Waals surface area contributed by atoms with E-state index in [9.17, 15) is 4.79 Å². The number of nitrogens with zero attached hydrogens (tertiary/aromatic N) is 3. The van der Waals surface area contributed by atoms with E-state index in [0.29, 0.717) is 10.9 Å². The molecule has 4 nitrogen and oxygen atoms in total. The molecule has 0 atom stereocenters. The Bertz CT molecular complexity index is 974. The second-order valence-electron chi connectivity index (χ2n) is 7.99. The van der Waals surface area contributed by atoms with Crippen LogP contribution in [-0.2, 0) is 4.79 Å². The van der Waals surface area contributed by atoms with Crippen LogP contribution in [0.3, 0.4) is 0 Å². The lowest BCUT2D eigenvalue weighted by molar-refractivity contribution is -0.123. The highest BCUT2D eigenvalue weighted by molar-refractivity contribution is 7.99. The van der Waals surface area contributed by atoms with Crippen LogP contribution in [0.2, 0.25) is 0 Å². The van der Waals surface area contributed by atoms with E-state index in [-0.39, 0.29) is 11.2 Å². The van der Waals surface area contributed by atoms with Gasteiger partial charge in [0.2, 0.25) is 5.16 Å². The molecule has 0 spiro atoms. The molecular formula is C23H25N3OS. The van der Waals surface area contributed by atoms with Gasteiger partial charge in [0.1, 0.15) is 17.2 Å². The van der Waals surface area contributed by atoms with Gasteiger partial charge in [0.15, 0.2) is 0 Å². The summed E-state index contributed by atoms with van der Waals surface area (Å²) in [4.78, 5) is 17.0. The first-order chi connectivity index (χ1) is 13.2. The van der Waals surface area contributed by atoms with Crippen LogP contribution in [0, 0.1) is 19.3 Å². The maximum Gasteiger partial charge on any atom is 0.210 e. The molecule has 5 heteroatoms. The lowest BCUT2D eigenvalue weighted by Crippen LogP contribution is -2.22. The minimum atomic E-state index is -0.373. The number of carbonyl (C=O) groups excluding carboxylic acids is 1. The summed E-state index contributed by atoms with van der Waals surface area (Å²) < 4.78 is 0. The predicted molar refractivity (Wildman–Crippen MR) is 115 cm³/mol. The van der Waals surface area contributed by atoms with Crippen molar-refractivity contribution in [1.82, 2.24) is 15.2 Å². The molecule has 3 aromatic rings. The fourth-order valence-electron chi connectivity index (χ4n) is 2.54. The van der Waals surface area contributed by atoms with E-state index in [2.05, 4.69) is 48.3 Å². The van der Waals surface area contributed by atoms with Crippen molar-refractivity contribution < 1.29 is 4.79 Å². The number of aromatic nitrogens is 3. The molecule has 0 saturated carbocycles. The minimum Gasteiger partial charge on any atom is -0.298 e. The van der Waals surface area contributed by atoms with Gasteiger partial charge < -0.3 is 0 Å². The number of ketones is 1. The summed E-state index contributed by atoms with van der Waals surface area (Å²) in [7, 11) is 0. The highest BCUT2D eigenvalue weighted by atomic mass is 32.2. The monoisotopic (exact) mass is 391 g/mol. The van der Waals surface area contributed by atoms with E-state index < -0.39 is 0 Å². The fraction of sp³-hybridized carbons (Fsp3) is 0.304. The summed E-state index contributed by atoms with van der Waals surface area (Å²) in [5.74, 6) is 0.503. The largest absolute Gasteiger partial charge is 0.298 e. The van der Waals surface area contributed by atoms with Crippen LogP contribution >= 0.6 is 11.8 Å². The van der Waals surface area contributed by atoms with Crippen LogP contribution in [-0.4, -0.2) is 26.7 Å². The van der Waals surface area contributed by atoms with Crippen molar-refractivity contribution in [2.24, 2.45) is 5.41 Å². The first-order valence-corrected chi connectivity index (χ1v) is 10.3. The van der Waals surface area contributed by atoms with Gasteiger partial charge in [-0.15, -0.1) is 10.2 Å². The summed E-state index contributed by atoms with van der Waals surface area (Å²) in [6.07, 6.45) is 0. The number of Topliss-reactive ketones (excluding diaryl/α,β-unsaturated/α-hetero) is 1. The van der Waals surface area contributed by atoms with Crippen molar-refractivity contribution in [2.45, 2.75) is 39.8 Å². The standard InChI is InChI=1S/C23H25N3OS/c1-15-6-10-17(11-7-15)20-21(18-12-8-16(2)9-13-18)25-26-22(24-20)28-14-19(27)23(3,4)5/h6-13H,14H2,1-5H3. The Morgan fingerprint density at radius 2 is 1.32 bits per heavy atom. The number of aryl methyl sites for hydroxylation is 2. The lowest BCUT2D eigenvalue weighted by Gasteiger charge is -2.15. The van der Waals surface area contributed by atoms with Crippen molar-refractivity contribution >= 4 is 17.5 Å². The van der Waals surface area contributed by atoms with Crippen molar-refractivity contribution in [1.29, 1.82) is 0 Å². The molecule has 0 unspecified atom stereocenters. The summed E-state index contributed by atoms with van der Waals surface area (Å²) in [6.45, 7) is 9.89. The van der Waals surface area contributed by atoms with E-state index in [1.807, 2.05) is 45.0 Å². The van der Waals surface area contributed by atoms with E-state index in [0.717, 1.165) is 22.5 Å². The van der Waals surface area contributed by atoms with Crippen molar-refractivity contribution in [3.05, 3.63) is 59.7 Å². The first kappa shape index (κ1) is 20.2. The Morgan fingerprint density at radius 3 is 1.82 bits per heavy atom. The van der Waals surface area contributed by atoms with Gasteiger partial charge in [0.05, 0.1) is 5.75 Å². The molecule has 2 aromatic carbocycles. The Hall–Kier alpha value is -2.53. The molecule has 0 amide bonds. The third-order valence-corrected chi connectivity index (χ3v) is 5.32. The molecule has 28 heavy (non-hydrogen) atoms. The van der Waals surface area contributed by atoms with Gasteiger partial charge in [0, 0.05) is 16.5 Å². The predicted octanol–water partition coefficient (Wildman–Crippen LogP) is 5.53. The quantitative estimate of drug-likeness (QED) is 0.535. The number of hydrogen-bond donors (Lipinski definition) is 0. The molecule has 0 radical (unpaired) electrons. The molecule has 1 heterocycles. The summed E-state index contributed by atoms with van der Waals surface area (Å²) >= 11 is 1.34. The Labute approximate surface area is 170 Å². The van der Waals surface area contributed by atoms with Gasteiger partial charge in [-0.05, 0) is 13.8 Å². The Morgan fingerprint density at radius 1 is 0.821 bits per heavy atom. The topological polar surface area (TPSA) is 55.7 Å². The zero-order chi connectivity index (χ0) is 20.3. The number of carbonyl (C=O) groups is 1.